The second kappa shape index (κ2) is 5.95. The van der Waals surface area contributed by atoms with Crippen LogP contribution in [0.5, 0.6) is 0 Å². The Balaban J connectivity index is 0.00000112. The molecule has 5 heteroatoms. The molecule has 2 aromatic rings. The minimum atomic E-state index is 0. The number of aromatic nitrogens is 1. The third kappa shape index (κ3) is 2.51. The van der Waals surface area contributed by atoms with Crippen molar-refractivity contribution in [2.45, 2.75) is 13.0 Å². The molecule has 1 amide bonds. The molecule has 1 aliphatic carbocycles. The number of likely N-dealkylation sites (N-methyl/N-ethyl adjacent to an activating group) is 1. The first-order chi connectivity index (χ1) is 12.7. The summed E-state index contributed by atoms with van der Waals surface area (Å²) < 4.78 is 0. The molecule has 0 radical (unpaired) electrons. The van der Waals surface area contributed by atoms with Crippen LogP contribution >= 0.6 is 0 Å². The Morgan fingerprint density at radius 1 is 1.12 bits per heavy atom. The predicted molar refractivity (Wildman–Crippen MR) is 107 cm³/mol. The second-order valence-corrected chi connectivity index (χ2v) is 7.35. The van der Waals surface area contributed by atoms with Gasteiger partial charge in [0, 0.05) is 53.1 Å². The van der Waals surface area contributed by atoms with Gasteiger partial charge in [-0.05, 0) is 41.9 Å². The van der Waals surface area contributed by atoms with Crippen molar-refractivity contribution in [3.63, 3.8) is 0 Å². The number of rotatable bonds is 2. The van der Waals surface area contributed by atoms with Gasteiger partial charge in [-0.2, -0.15) is 0 Å². The number of piperazine rings is 1. The number of fused-ring (bicyclic) bond motifs is 2. The Morgan fingerprint density at radius 3 is 2.81 bits per heavy atom. The number of hydrogen-bond acceptors (Lipinski definition) is 4. The number of carbonyl (C=O) groups excluding carboxylic acids is 1. The summed E-state index contributed by atoms with van der Waals surface area (Å²) in [6.45, 7) is 4.89. The monoisotopic (exact) mass is 350 g/mol. The molecule has 136 valence electrons. The van der Waals surface area contributed by atoms with Crippen LogP contribution in [0.4, 0.5) is 5.69 Å². The molecule has 0 spiro atoms. The van der Waals surface area contributed by atoms with E-state index in [-0.39, 0.29) is 8.76 Å². The molecule has 1 aromatic carbocycles. The lowest BCUT2D eigenvalue weighted by Gasteiger charge is -2.34. The molecule has 1 saturated heterocycles. The number of benzene rings is 1. The van der Waals surface area contributed by atoms with E-state index >= 15 is 0 Å². The summed E-state index contributed by atoms with van der Waals surface area (Å²) >= 11 is 0. The zero-order valence-electron chi connectivity index (χ0n) is 15.0. The lowest BCUT2D eigenvalue weighted by Crippen LogP contribution is -2.44. The highest BCUT2D eigenvalue weighted by molar-refractivity contribution is 5.99. The van der Waals surface area contributed by atoms with Gasteiger partial charge in [0.15, 0.2) is 0 Å². The minimum Gasteiger partial charge on any atom is -0.368 e. The van der Waals surface area contributed by atoms with Crippen molar-refractivity contribution < 1.29 is 7.65 Å². The number of allylic oxidation sites excluding steroid dienone is 1. The molecule has 0 unspecified atom stereocenters. The van der Waals surface area contributed by atoms with Crippen LogP contribution in [-0.4, -0.2) is 49.0 Å². The molecular formula is C21H26N4O. The average Bonchev–Trinajstić information content (AvgIpc) is 3.25. The van der Waals surface area contributed by atoms with Crippen molar-refractivity contribution >= 4 is 17.2 Å². The third-order valence-electron chi connectivity index (χ3n) is 5.71. The molecule has 1 fully saturated rings. The van der Waals surface area contributed by atoms with Crippen molar-refractivity contribution in [1.29, 1.82) is 0 Å². The lowest BCUT2D eigenvalue weighted by molar-refractivity contribution is 0.0966. The average molecular weight is 350 g/mol. The smallest absolute Gasteiger partial charge is 0.251 e. The number of nitrogens with one attached hydrogen (secondary N) is 1. The first kappa shape index (κ1) is 15.6. The lowest BCUT2D eigenvalue weighted by atomic mass is 9.97. The highest BCUT2D eigenvalue weighted by Crippen LogP contribution is 2.35. The molecule has 1 aromatic heterocycles. The van der Waals surface area contributed by atoms with Gasteiger partial charge in [-0.15, -0.1) is 0 Å². The van der Waals surface area contributed by atoms with Crippen LogP contribution in [0.15, 0.2) is 36.5 Å². The number of carbonyl (C=O) groups is 1. The molecule has 3 heterocycles. The van der Waals surface area contributed by atoms with Gasteiger partial charge < -0.3 is 15.1 Å². The van der Waals surface area contributed by atoms with Crippen molar-refractivity contribution in [2.75, 3.05) is 38.1 Å². The fraction of sp³-hybridized carbons (Fsp3) is 0.333. The SMILES string of the molecule is CN1CCN(c2cnc3c(c2)C(c2ccc4c(c2)CNC4=O)=CC3)CC1.[HH].[HH]. The van der Waals surface area contributed by atoms with Crippen molar-refractivity contribution in [1.82, 2.24) is 15.2 Å². The summed E-state index contributed by atoms with van der Waals surface area (Å²) in [7, 11) is 2.17. The Morgan fingerprint density at radius 2 is 1.96 bits per heavy atom. The van der Waals surface area contributed by atoms with Crippen molar-refractivity contribution in [3.05, 3.63) is 64.5 Å². The van der Waals surface area contributed by atoms with E-state index in [9.17, 15) is 4.79 Å². The highest BCUT2D eigenvalue weighted by Gasteiger charge is 2.23. The molecule has 5 nitrogen and oxygen atoms in total. The summed E-state index contributed by atoms with van der Waals surface area (Å²) in [6, 6.07) is 8.45. The van der Waals surface area contributed by atoms with Crippen LogP contribution in [0.2, 0.25) is 0 Å². The van der Waals surface area contributed by atoms with Crippen LogP contribution in [0.25, 0.3) is 5.57 Å². The van der Waals surface area contributed by atoms with Gasteiger partial charge in [-0.25, -0.2) is 0 Å². The fourth-order valence-corrected chi connectivity index (χ4v) is 4.10. The summed E-state index contributed by atoms with van der Waals surface area (Å²) in [6.07, 6.45) is 5.16. The van der Waals surface area contributed by atoms with E-state index in [1.165, 1.54) is 22.4 Å². The van der Waals surface area contributed by atoms with Gasteiger partial charge in [0.1, 0.15) is 0 Å². The van der Waals surface area contributed by atoms with Crippen molar-refractivity contribution in [3.8, 4) is 0 Å². The number of anilines is 1. The molecule has 0 atom stereocenters. The zero-order valence-corrected chi connectivity index (χ0v) is 15.0. The summed E-state index contributed by atoms with van der Waals surface area (Å²) in [5.74, 6) is 0.0337. The summed E-state index contributed by atoms with van der Waals surface area (Å²) in [5.41, 5.74) is 7.90. The number of nitrogens with zero attached hydrogens (tertiary/aromatic N) is 3. The number of hydrogen-bond donors (Lipinski definition) is 1. The van der Waals surface area contributed by atoms with Crippen LogP contribution < -0.4 is 10.2 Å². The van der Waals surface area contributed by atoms with Gasteiger partial charge >= 0.3 is 0 Å². The quantitative estimate of drug-likeness (QED) is 0.904. The van der Waals surface area contributed by atoms with E-state index in [4.69, 9.17) is 4.98 Å². The highest BCUT2D eigenvalue weighted by atomic mass is 16.1. The Kier molecular flexibility index (Phi) is 3.57. The largest absolute Gasteiger partial charge is 0.368 e. The number of pyridine rings is 1. The Hall–Kier alpha value is -2.66. The van der Waals surface area contributed by atoms with Crippen LogP contribution in [0.1, 0.15) is 35.6 Å². The molecule has 2 aliphatic heterocycles. The van der Waals surface area contributed by atoms with Gasteiger partial charge in [0.25, 0.3) is 5.91 Å². The molecule has 5 rings (SSSR count). The van der Waals surface area contributed by atoms with E-state index in [1.807, 2.05) is 12.3 Å². The molecule has 0 saturated carbocycles. The van der Waals surface area contributed by atoms with Gasteiger partial charge in [0.2, 0.25) is 0 Å². The van der Waals surface area contributed by atoms with E-state index < -0.39 is 0 Å². The maximum Gasteiger partial charge on any atom is 0.251 e. The fourth-order valence-electron chi connectivity index (χ4n) is 4.10. The van der Waals surface area contributed by atoms with Crippen molar-refractivity contribution in [2.24, 2.45) is 0 Å². The first-order valence-electron chi connectivity index (χ1n) is 9.23. The summed E-state index contributed by atoms with van der Waals surface area (Å²) in [4.78, 5) is 21.3. The molecule has 3 aliphatic rings. The molecule has 26 heavy (non-hydrogen) atoms. The second-order valence-electron chi connectivity index (χ2n) is 7.35. The first-order valence-corrected chi connectivity index (χ1v) is 9.23. The van der Waals surface area contributed by atoms with E-state index in [0.717, 1.165) is 49.4 Å². The predicted octanol–water partition coefficient (Wildman–Crippen LogP) is 2.56. The van der Waals surface area contributed by atoms with Gasteiger partial charge in [-0.3, -0.25) is 9.78 Å². The zero-order chi connectivity index (χ0) is 17.7. The van der Waals surface area contributed by atoms with Crippen LogP contribution in [0, 0.1) is 0 Å². The maximum atomic E-state index is 11.8. The maximum absolute atomic E-state index is 11.8. The van der Waals surface area contributed by atoms with Gasteiger partial charge in [0.05, 0.1) is 17.6 Å². The van der Waals surface area contributed by atoms with E-state index in [2.05, 4.69) is 46.4 Å². The number of amides is 1. The molecule has 0 bridgehead atoms. The molecular weight excluding hydrogens is 324 g/mol. The topological polar surface area (TPSA) is 48.5 Å². The van der Waals surface area contributed by atoms with Crippen LogP contribution in [0.3, 0.4) is 0 Å². The van der Waals surface area contributed by atoms with E-state index in [1.54, 1.807) is 0 Å². The Labute approximate surface area is 156 Å². The Bertz CT molecular complexity index is 936. The third-order valence-corrected chi connectivity index (χ3v) is 5.71. The minimum absolute atomic E-state index is 0. The van der Waals surface area contributed by atoms with Crippen LogP contribution in [-0.2, 0) is 13.0 Å². The summed E-state index contributed by atoms with van der Waals surface area (Å²) in [5, 5.41) is 2.90. The van der Waals surface area contributed by atoms with Gasteiger partial charge in [-0.1, -0.05) is 12.1 Å². The standard InChI is InChI=1S/C21H22N4O.2H2/c1-24-6-8-25(9-7-24)16-11-19-17(4-5-20(19)22-13-16)14-2-3-18-15(10-14)12-23-21(18)26;;/h2-4,10-11,13H,5-9,12H2,1H3,(H,23,26);2*1H. The normalized spacial score (nSPS) is 19.2. The van der Waals surface area contributed by atoms with E-state index in [0.29, 0.717) is 6.54 Å². The molecule has 1 N–H and O–H groups in total.